The third-order valence-corrected chi connectivity index (χ3v) is 2.17. The van der Waals surface area contributed by atoms with Gasteiger partial charge in [0.15, 0.2) is 0 Å². The molecule has 0 spiro atoms. The minimum absolute atomic E-state index is 0.602. The molecule has 1 aromatic rings. The molecular formula is C12H20N2O2. The second-order valence-electron chi connectivity index (χ2n) is 3.62. The molecule has 90 valence electrons. The summed E-state index contributed by atoms with van der Waals surface area (Å²) in [5, 5.41) is 0. The number of nitrogen functional groups attached to an aromatic ring is 1. The van der Waals surface area contributed by atoms with Crippen LogP contribution in [-0.4, -0.2) is 27.3 Å². The summed E-state index contributed by atoms with van der Waals surface area (Å²) in [4.78, 5) is 1.98. The van der Waals surface area contributed by atoms with E-state index in [2.05, 4.69) is 0 Å². The van der Waals surface area contributed by atoms with Gasteiger partial charge in [-0.05, 0) is 13.8 Å². The van der Waals surface area contributed by atoms with Crippen LogP contribution in [0.1, 0.15) is 13.8 Å². The Morgan fingerprint density at radius 2 is 1.62 bits per heavy atom. The van der Waals surface area contributed by atoms with Gasteiger partial charge in [0.2, 0.25) is 0 Å². The van der Waals surface area contributed by atoms with Gasteiger partial charge in [-0.15, -0.1) is 0 Å². The van der Waals surface area contributed by atoms with Gasteiger partial charge in [0.25, 0.3) is 0 Å². The van der Waals surface area contributed by atoms with Crippen LogP contribution in [0.25, 0.3) is 0 Å². The predicted octanol–water partition coefficient (Wildman–Crippen LogP) is 2.13. The molecule has 2 N–H and O–H groups in total. The first kappa shape index (κ1) is 12.5. The van der Waals surface area contributed by atoms with Gasteiger partial charge < -0.3 is 20.1 Å². The van der Waals surface area contributed by atoms with E-state index in [1.165, 1.54) is 0 Å². The van der Waals surface area contributed by atoms with Crippen LogP contribution in [0.5, 0.6) is 11.5 Å². The lowest BCUT2D eigenvalue weighted by molar-refractivity contribution is 0.332. The third-order valence-electron chi connectivity index (χ3n) is 2.17. The molecule has 4 heteroatoms. The minimum Gasteiger partial charge on any atom is -0.492 e. The topological polar surface area (TPSA) is 47.7 Å². The van der Waals surface area contributed by atoms with Gasteiger partial charge >= 0.3 is 0 Å². The van der Waals surface area contributed by atoms with Crippen molar-refractivity contribution < 1.29 is 9.47 Å². The number of nitrogens with zero attached hydrogens (tertiary/aromatic N) is 1. The molecule has 4 nitrogen and oxygen atoms in total. The molecule has 0 aromatic heterocycles. The molecule has 0 unspecified atom stereocenters. The van der Waals surface area contributed by atoms with Crippen molar-refractivity contribution >= 4 is 11.4 Å². The first-order chi connectivity index (χ1) is 7.60. The van der Waals surface area contributed by atoms with E-state index in [9.17, 15) is 0 Å². The number of benzene rings is 1. The van der Waals surface area contributed by atoms with E-state index in [0.717, 1.165) is 11.4 Å². The van der Waals surface area contributed by atoms with Crippen LogP contribution in [0.2, 0.25) is 0 Å². The van der Waals surface area contributed by atoms with Gasteiger partial charge in [-0.1, -0.05) is 0 Å². The Kier molecular flexibility index (Phi) is 4.28. The summed E-state index contributed by atoms with van der Waals surface area (Å²) in [7, 11) is 3.92. The van der Waals surface area contributed by atoms with Crippen molar-refractivity contribution in [3.63, 3.8) is 0 Å². The highest BCUT2D eigenvalue weighted by Gasteiger charge is 2.11. The van der Waals surface area contributed by atoms with Crippen LogP contribution in [0.4, 0.5) is 11.4 Å². The van der Waals surface area contributed by atoms with Gasteiger partial charge in [-0.25, -0.2) is 0 Å². The van der Waals surface area contributed by atoms with Gasteiger partial charge in [0.05, 0.1) is 24.6 Å². The average Bonchev–Trinajstić information content (AvgIpc) is 2.22. The van der Waals surface area contributed by atoms with Crippen molar-refractivity contribution in [2.24, 2.45) is 0 Å². The van der Waals surface area contributed by atoms with E-state index >= 15 is 0 Å². The van der Waals surface area contributed by atoms with Crippen molar-refractivity contribution in [3.8, 4) is 11.5 Å². The molecule has 0 radical (unpaired) electrons. The molecule has 0 heterocycles. The van der Waals surface area contributed by atoms with Crippen LogP contribution in [0, 0.1) is 0 Å². The van der Waals surface area contributed by atoms with Crippen LogP contribution < -0.4 is 20.1 Å². The second-order valence-corrected chi connectivity index (χ2v) is 3.62. The van der Waals surface area contributed by atoms with Crippen LogP contribution >= 0.6 is 0 Å². The normalized spacial score (nSPS) is 10.0. The summed E-state index contributed by atoms with van der Waals surface area (Å²) in [6.45, 7) is 5.11. The highest BCUT2D eigenvalue weighted by Crippen LogP contribution is 2.36. The molecule has 0 aliphatic heterocycles. The summed E-state index contributed by atoms with van der Waals surface area (Å²) in [5.41, 5.74) is 7.46. The molecule has 0 bridgehead atoms. The number of hydrogen-bond donors (Lipinski definition) is 1. The van der Waals surface area contributed by atoms with Crippen molar-refractivity contribution in [2.75, 3.05) is 37.9 Å². The van der Waals surface area contributed by atoms with E-state index in [1.54, 1.807) is 0 Å². The maximum atomic E-state index is 5.88. The fourth-order valence-electron chi connectivity index (χ4n) is 1.47. The van der Waals surface area contributed by atoms with Gasteiger partial charge in [-0.2, -0.15) is 0 Å². The second kappa shape index (κ2) is 5.49. The lowest BCUT2D eigenvalue weighted by Crippen LogP contribution is -2.12. The maximum Gasteiger partial charge on any atom is 0.144 e. The van der Waals surface area contributed by atoms with Crippen molar-refractivity contribution in [3.05, 3.63) is 12.1 Å². The SMILES string of the molecule is CCOc1cc(N(C)C)c(OCC)cc1N. The largest absolute Gasteiger partial charge is 0.492 e. The zero-order valence-corrected chi connectivity index (χ0v) is 10.4. The quantitative estimate of drug-likeness (QED) is 0.778. The summed E-state index contributed by atoms with van der Waals surface area (Å²) >= 11 is 0. The standard InChI is InChI=1S/C12H20N2O2/c1-5-15-11-8-10(14(3)4)12(16-6-2)7-9(11)13/h7-8H,5-6,13H2,1-4H3. The zero-order chi connectivity index (χ0) is 12.1. The van der Waals surface area contributed by atoms with Crippen LogP contribution in [0.15, 0.2) is 12.1 Å². The average molecular weight is 224 g/mol. The van der Waals surface area contributed by atoms with E-state index in [1.807, 2.05) is 45.0 Å². The van der Waals surface area contributed by atoms with Gasteiger partial charge in [-0.3, -0.25) is 0 Å². The Morgan fingerprint density at radius 1 is 1.06 bits per heavy atom. The Hall–Kier alpha value is -1.58. The number of anilines is 2. The molecule has 0 atom stereocenters. The van der Waals surface area contributed by atoms with Crippen molar-refractivity contribution in [2.45, 2.75) is 13.8 Å². The summed E-state index contributed by atoms with van der Waals surface area (Å²) in [6.07, 6.45) is 0. The smallest absolute Gasteiger partial charge is 0.144 e. The molecule has 1 rings (SSSR count). The fraction of sp³-hybridized carbons (Fsp3) is 0.500. The van der Waals surface area contributed by atoms with Crippen LogP contribution in [0.3, 0.4) is 0 Å². The van der Waals surface area contributed by atoms with Gasteiger partial charge in [0.1, 0.15) is 11.5 Å². The highest BCUT2D eigenvalue weighted by atomic mass is 16.5. The number of ether oxygens (including phenoxy) is 2. The molecule has 0 aliphatic carbocycles. The Labute approximate surface area is 96.9 Å². The lowest BCUT2D eigenvalue weighted by Gasteiger charge is -2.19. The number of rotatable bonds is 5. The molecule has 0 fully saturated rings. The molecule has 16 heavy (non-hydrogen) atoms. The van der Waals surface area contributed by atoms with E-state index in [-0.39, 0.29) is 0 Å². The first-order valence-electron chi connectivity index (χ1n) is 5.46. The molecule has 0 amide bonds. The Balaban J connectivity index is 3.14. The molecule has 1 aromatic carbocycles. The summed E-state index contributed by atoms with van der Waals surface area (Å²) < 4.78 is 11.0. The first-order valence-corrected chi connectivity index (χ1v) is 5.46. The summed E-state index contributed by atoms with van der Waals surface area (Å²) in [5.74, 6) is 1.49. The zero-order valence-electron chi connectivity index (χ0n) is 10.4. The third kappa shape index (κ3) is 2.72. The molecular weight excluding hydrogens is 204 g/mol. The van der Waals surface area contributed by atoms with Gasteiger partial charge in [0, 0.05) is 26.2 Å². The molecule has 0 saturated heterocycles. The molecule has 0 aliphatic rings. The summed E-state index contributed by atoms with van der Waals surface area (Å²) in [6, 6.07) is 3.72. The van der Waals surface area contributed by atoms with E-state index in [4.69, 9.17) is 15.2 Å². The predicted molar refractivity (Wildman–Crippen MR) is 67.5 cm³/mol. The van der Waals surface area contributed by atoms with E-state index < -0.39 is 0 Å². The number of nitrogens with two attached hydrogens (primary N) is 1. The van der Waals surface area contributed by atoms with E-state index in [0.29, 0.717) is 24.7 Å². The minimum atomic E-state index is 0.602. The van der Waals surface area contributed by atoms with Crippen LogP contribution in [-0.2, 0) is 0 Å². The highest BCUT2D eigenvalue weighted by molar-refractivity contribution is 5.69. The Morgan fingerprint density at radius 3 is 2.12 bits per heavy atom. The maximum absolute atomic E-state index is 5.88. The van der Waals surface area contributed by atoms with Crippen molar-refractivity contribution in [1.29, 1.82) is 0 Å². The lowest BCUT2D eigenvalue weighted by atomic mass is 10.2. The molecule has 0 saturated carbocycles. The van der Waals surface area contributed by atoms with Crippen molar-refractivity contribution in [1.82, 2.24) is 0 Å². The fourth-order valence-corrected chi connectivity index (χ4v) is 1.47. The number of hydrogen-bond acceptors (Lipinski definition) is 4. The monoisotopic (exact) mass is 224 g/mol. The Bertz CT molecular complexity index is 351.